The number of hydrogen-bond donors (Lipinski definition) is 2. The molecule has 0 aliphatic heterocycles. The largest absolute Gasteiger partial charge is 0.493 e. The predicted molar refractivity (Wildman–Crippen MR) is 131 cm³/mol. The number of benzene rings is 3. The summed E-state index contributed by atoms with van der Waals surface area (Å²) in [6.45, 7) is 0. The molecule has 0 radical (unpaired) electrons. The quantitative estimate of drug-likeness (QED) is 0.330. The molecule has 0 saturated carbocycles. The lowest BCUT2D eigenvalue weighted by atomic mass is 10.2. The standard InChI is InChI=1S/C24H21FN4O7S/c1-33-19-12-15(13-20(34-2)21(19)35-3)23-27-28-24(36-23)26-22(30)14-5-4-6-17(11-14)29-37(31,32)18-9-7-16(25)8-10-18/h4-13,29H,1-3H3,(H,26,28,30). The number of sulfonamides is 1. The maximum atomic E-state index is 13.1. The fourth-order valence-corrected chi connectivity index (χ4v) is 4.37. The summed E-state index contributed by atoms with van der Waals surface area (Å²) in [5, 5.41) is 10.3. The second kappa shape index (κ2) is 10.5. The highest BCUT2D eigenvalue weighted by Gasteiger charge is 2.19. The molecule has 4 aromatic rings. The SMILES string of the molecule is COc1cc(-c2nnc(NC(=O)c3cccc(NS(=O)(=O)c4ccc(F)cc4)c3)o2)cc(OC)c1OC. The molecule has 0 spiro atoms. The van der Waals surface area contributed by atoms with E-state index in [1.165, 1.54) is 45.6 Å². The molecule has 3 aromatic carbocycles. The van der Waals surface area contributed by atoms with Crippen molar-refractivity contribution in [1.29, 1.82) is 0 Å². The summed E-state index contributed by atoms with van der Waals surface area (Å²) < 4.78 is 62.1. The Hall–Kier alpha value is -4.65. The van der Waals surface area contributed by atoms with Crippen LogP contribution in [-0.2, 0) is 10.0 Å². The smallest absolute Gasteiger partial charge is 0.322 e. The maximum Gasteiger partial charge on any atom is 0.322 e. The van der Waals surface area contributed by atoms with Crippen molar-refractivity contribution < 1.29 is 36.2 Å². The number of rotatable bonds is 9. The van der Waals surface area contributed by atoms with Gasteiger partial charge in [-0.15, -0.1) is 5.10 Å². The number of methoxy groups -OCH3 is 3. The van der Waals surface area contributed by atoms with E-state index < -0.39 is 21.7 Å². The first-order valence-electron chi connectivity index (χ1n) is 10.6. The Labute approximate surface area is 211 Å². The first kappa shape index (κ1) is 25.4. The normalized spacial score (nSPS) is 11.0. The van der Waals surface area contributed by atoms with E-state index in [0.717, 1.165) is 24.3 Å². The Bertz CT molecular complexity index is 1510. The van der Waals surface area contributed by atoms with Crippen LogP contribution < -0.4 is 24.2 Å². The van der Waals surface area contributed by atoms with Crippen LogP contribution >= 0.6 is 0 Å². The number of hydrogen-bond acceptors (Lipinski definition) is 9. The van der Waals surface area contributed by atoms with Crippen LogP contribution in [0.5, 0.6) is 17.2 Å². The van der Waals surface area contributed by atoms with Crippen molar-refractivity contribution in [3.63, 3.8) is 0 Å². The molecule has 1 aromatic heterocycles. The number of carbonyl (C=O) groups excluding carboxylic acids is 1. The van der Waals surface area contributed by atoms with Gasteiger partial charge >= 0.3 is 6.01 Å². The third kappa shape index (κ3) is 5.62. The van der Waals surface area contributed by atoms with Gasteiger partial charge in [0.25, 0.3) is 15.9 Å². The summed E-state index contributed by atoms with van der Waals surface area (Å²) in [7, 11) is 0.415. The van der Waals surface area contributed by atoms with Crippen LogP contribution in [0, 0.1) is 5.82 Å². The molecule has 1 heterocycles. The maximum absolute atomic E-state index is 13.1. The number of carbonyl (C=O) groups is 1. The van der Waals surface area contributed by atoms with Crippen LogP contribution in [-0.4, -0.2) is 45.9 Å². The second-order valence-electron chi connectivity index (χ2n) is 7.42. The van der Waals surface area contributed by atoms with Gasteiger partial charge in [0, 0.05) is 16.8 Å². The summed E-state index contributed by atoms with van der Waals surface area (Å²) in [6, 6.07) is 13.1. The fraction of sp³-hybridized carbons (Fsp3) is 0.125. The summed E-state index contributed by atoms with van der Waals surface area (Å²) >= 11 is 0. The summed E-state index contributed by atoms with van der Waals surface area (Å²) in [5.41, 5.74) is 0.701. The van der Waals surface area contributed by atoms with Crippen molar-refractivity contribution in [3.8, 4) is 28.7 Å². The van der Waals surface area contributed by atoms with Crippen LogP contribution in [0.15, 0.2) is 70.0 Å². The van der Waals surface area contributed by atoms with E-state index in [4.69, 9.17) is 18.6 Å². The topological polar surface area (TPSA) is 142 Å². The first-order valence-corrected chi connectivity index (χ1v) is 12.1. The van der Waals surface area contributed by atoms with Gasteiger partial charge in [-0.2, -0.15) is 0 Å². The number of anilines is 2. The highest BCUT2D eigenvalue weighted by molar-refractivity contribution is 7.92. The third-order valence-electron chi connectivity index (χ3n) is 5.06. The highest BCUT2D eigenvalue weighted by atomic mass is 32.2. The Morgan fingerprint density at radius 2 is 1.59 bits per heavy atom. The Morgan fingerprint density at radius 1 is 0.919 bits per heavy atom. The van der Waals surface area contributed by atoms with E-state index in [9.17, 15) is 17.6 Å². The number of nitrogens with zero attached hydrogens (tertiary/aromatic N) is 2. The average molecular weight is 529 g/mol. The van der Waals surface area contributed by atoms with Crippen LogP contribution in [0.4, 0.5) is 16.1 Å². The summed E-state index contributed by atoms with van der Waals surface area (Å²) in [4.78, 5) is 12.6. The molecule has 0 bridgehead atoms. The molecular weight excluding hydrogens is 507 g/mol. The fourth-order valence-electron chi connectivity index (χ4n) is 3.32. The van der Waals surface area contributed by atoms with Gasteiger partial charge in [-0.3, -0.25) is 14.8 Å². The lowest BCUT2D eigenvalue weighted by molar-refractivity contribution is 0.102. The molecule has 0 fully saturated rings. The number of amides is 1. The van der Waals surface area contributed by atoms with Crippen LogP contribution in [0.3, 0.4) is 0 Å². The molecule has 37 heavy (non-hydrogen) atoms. The van der Waals surface area contributed by atoms with Gasteiger partial charge in [-0.05, 0) is 54.6 Å². The van der Waals surface area contributed by atoms with E-state index in [0.29, 0.717) is 22.8 Å². The third-order valence-corrected chi connectivity index (χ3v) is 6.46. The Kier molecular flexibility index (Phi) is 7.25. The zero-order valence-corrected chi connectivity index (χ0v) is 20.6. The molecule has 0 unspecified atom stereocenters. The van der Waals surface area contributed by atoms with Crippen molar-refractivity contribution in [2.24, 2.45) is 0 Å². The van der Waals surface area contributed by atoms with Crippen molar-refractivity contribution in [1.82, 2.24) is 10.2 Å². The average Bonchev–Trinajstić information content (AvgIpc) is 3.36. The summed E-state index contributed by atoms with van der Waals surface area (Å²) in [6.07, 6.45) is 0. The molecule has 13 heteroatoms. The molecule has 0 saturated heterocycles. The van der Waals surface area contributed by atoms with Crippen LogP contribution in [0.2, 0.25) is 0 Å². The van der Waals surface area contributed by atoms with E-state index in [-0.39, 0.29) is 28.1 Å². The Morgan fingerprint density at radius 3 is 2.22 bits per heavy atom. The highest BCUT2D eigenvalue weighted by Crippen LogP contribution is 2.41. The molecule has 4 rings (SSSR count). The number of nitrogens with one attached hydrogen (secondary N) is 2. The van der Waals surface area contributed by atoms with Gasteiger partial charge in [0.1, 0.15) is 5.82 Å². The minimum atomic E-state index is -3.99. The molecule has 0 aliphatic rings. The second-order valence-corrected chi connectivity index (χ2v) is 9.10. The van der Waals surface area contributed by atoms with E-state index in [1.807, 2.05) is 0 Å². The molecule has 2 N–H and O–H groups in total. The van der Waals surface area contributed by atoms with Crippen molar-refractivity contribution in [3.05, 3.63) is 72.0 Å². The summed E-state index contributed by atoms with van der Waals surface area (Å²) in [5.74, 6) is 0.0307. The lowest BCUT2D eigenvalue weighted by Gasteiger charge is -2.12. The molecule has 0 atom stereocenters. The predicted octanol–water partition coefficient (Wildman–Crippen LogP) is 3.95. The zero-order chi connectivity index (χ0) is 26.6. The minimum absolute atomic E-state index is 0.0790. The van der Waals surface area contributed by atoms with Crippen LogP contribution in [0.1, 0.15) is 10.4 Å². The monoisotopic (exact) mass is 528 g/mol. The van der Waals surface area contributed by atoms with E-state index >= 15 is 0 Å². The van der Waals surface area contributed by atoms with Gasteiger partial charge in [0.15, 0.2) is 11.5 Å². The van der Waals surface area contributed by atoms with Crippen molar-refractivity contribution >= 4 is 27.6 Å². The van der Waals surface area contributed by atoms with Gasteiger partial charge < -0.3 is 18.6 Å². The van der Waals surface area contributed by atoms with Gasteiger partial charge in [0.2, 0.25) is 11.6 Å². The van der Waals surface area contributed by atoms with E-state index in [1.54, 1.807) is 12.1 Å². The van der Waals surface area contributed by atoms with Crippen molar-refractivity contribution in [2.75, 3.05) is 31.4 Å². The first-order chi connectivity index (χ1) is 17.7. The molecule has 11 nitrogen and oxygen atoms in total. The van der Waals surface area contributed by atoms with Crippen LogP contribution in [0.25, 0.3) is 11.5 Å². The molecule has 192 valence electrons. The molecule has 0 aliphatic carbocycles. The number of ether oxygens (including phenoxy) is 3. The lowest BCUT2D eigenvalue weighted by Crippen LogP contribution is -2.15. The number of aromatic nitrogens is 2. The van der Waals surface area contributed by atoms with Crippen molar-refractivity contribution in [2.45, 2.75) is 4.90 Å². The van der Waals surface area contributed by atoms with E-state index in [2.05, 4.69) is 20.2 Å². The van der Waals surface area contributed by atoms with Gasteiger partial charge in [0.05, 0.1) is 26.2 Å². The molecule has 1 amide bonds. The minimum Gasteiger partial charge on any atom is -0.493 e. The Balaban J connectivity index is 1.51. The van der Waals surface area contributed by atoms with Gasteiger partial charge in [-0.1, -0.05) is 11.2 Å². The van der Waals surface area contributed by atoms with Gasteiger partial charge in [-0.25, -0.2) is 12.8 Å². The number of halogens is 1. The zero-order valence-electron chi connectivity index (χ0n) is 19.8. The molecular formula is C24H21FN4O7S.